The van der Waals surface area contributed by atoms with Gasteiger partial charge < -0.3 is 18.9 Å². The van der Waals surface area contributed by atoms with Gasteiger partial charge >= 0.3 is 5.97 Å². The molecular weight excluding hydrogens is 416 g/mol. The molecule has 1 aliphatic carbocycles. The van der Waals surface area contributed by atoms with Crippen LogP contribution in [0.3, 0.4) is 0 Å². The molecule has 170 valence electrons. The van der Waals surface area contributed by atoms with E-state index in [-0.39, 0.29) is 13.2 Å². The van der Waals surface area contributed by atoms with E-state index in [0.29, 0.717) is 18.8 Å². The van der Waals surface area contributed by atoms with Crippen LogP contribution in [0.15, 0.2) is 78.9 Å². The van der Waals surface area contributed by atoms with Crippen molar-refractivity contribution in [2.45, 2.75) is 19.8 Å². The van der Waals surface area contributed by atoms with Crippen molar-refractivity contribution in [1.82, 2.24) is 0 Å². The number of fused-ring (bicyclic) bond motifs is 2. The number of carbonyl (C=O) groups excluding carboxylic acids is 1. The fourth-order valence-corrected chi connectivity index (χ4v) is 3.86. The standard InChI is InChI=1S/C28H28O5/c1-20(2)28(29)33-19-18-32-27-24-14-8-6-12-22(24)26(23-13-7-9-15-25(23)27)31-17-16-30-21-10-4-3-5-11-21/h3-12,14H,1,13,15-19H2,2H3. The van der Waals surface area contributed by atoms with E-state index in [1.165, 1.54) is 0 Å². The first-order chi connectivity index (χ1) is 16.1. The van der Waals surface area contributed by atoms with Gasteiger partial charge in [-0.05, 0) is 31.9 Å². The minimum absolute atomic E-state index is 0.166. The van der Waals surface area contributed by atoms with Crippen molar-refractivity contribution in [2.24, 2.45) is 0 Å². The first-order valence-corrected chi connectivity index (χ1v) is 11.1. The first-order valence-electron chi connectivity index (χ1n) is 11.1. The van der Waals surface area contributed by atoms with E-state index in [1.807, 2.05) is 48.5 Å². The summed E-state index contributed by atoms with van der Waals surface area (Å²) in [5, 5.41) is 1.98. The molecule has 0 saturated heterocycles. The van der Waals surface area contributed by atoms with E-state index in [2.05, 4.69) is 24.8 Å². The van der Waals surface area contributed by atoms with Crippen molar-refractivity contribution in [3.05, 3.63) is 90.0 Å². The zero-order valence-electron chi connectivity index (χ0n) is 18.8. The molecule has 0 bridgehead atoms. The maximum absolute atomic E-state index is 11.6. The van der Waals surface area contributed by atoms with Gasteiger partial charge in [-0.15, -0.1) is 0 Å². The summed E-state index contributed by atoms with van der Waals surface area (Å²) in [6, 6.07) is 17.8. The van der Waals surface area contributed by atoms with Gasteiger partial charge in [0.05, 0.1) is 0 Å². The van der Waals surface area contributed by atoms with Gasteiger partial charge in [0.1, 0.15) is 43.7 Å². The van der Waals surface area contributed by atoms with Crippen molar-refractivity contribution in [3.8, 4) is 17.2 Å². The van der Waals surface area contributed by atoms with Crippen molar-refractivity contribution in [2.75, 3.05) is 26.4 Å². The molecular formula is C28H28O5. The Morgan fingerprint density at radius 3 is 1.85 bits per heavy atom. The zero-order valence-corrected chi connectivity index (χ0v) is 18.8. The van der Waals surface area contributed by atoms with Crippen LogP contribution in [-0.4, -0.2) is 32.4 Å². The number of carbonyl (C=O) groups is 1. The predicted octanol–water partition coefficient (Wildman–Crippen LogP) is 5.45. The van der Waals surface area contributed by atoms with Crippen LogP contribution in [0.25, 0.3) is 10.8 Å². The highest BCUT2D eigenvalue weighted by molar-refractivity contribution is 5.96. The topological polar surface area (TPSA) is 54.0 Å². The molecule has 1 aliphatic rings. The number of allylic oxidation sites excluding steroid dienone is 2. The molecule has 0 spiro atoms. The molecule has 3 aromatic rings. The molecule has 3 aromatic carbocycles. The molecule has 0 aromatic heterocycles. The second-order valence-corrected chi connectivity index (χ2v) is 7.82. The lowest BCUT2D eigenvalue weighted by Gasteiger charge is -2.23. The van der Waals surface area contributed by atoms with E-state index >= 15 is 0 Å². The smallest absolute Gasteiger partial charge is 0.333 e. The van der Waals surface area contributed by atoms with Crippen LogP contribution >= 0.6 is 0 Å². The molecule has 5 nitrogen and oxygen atoms in total. The van der Waals surface area contributed by atoms with E-state index < -0.39 is 5.97 Å². The fourth-order valence-electron chi connectivity index (χ4n) is 3.86. The molecule has 0 saturated carbocycles. The summed E-state index contributed by atoms with van der Waals surface area (Å²) >= 11 is 0. The molecule has 0 amide bonds. The summed E-state index contributed by atoms with van der Waals surface area (Å²) < 4.78 is 23.4. The third-order valence-electron chi connectivity index (χ3n) is 5.39. The number of esters is 1. The Balaban J connectivity index is 1.54. The largest absolute Gasteiger partial charge is 0.490 e. The zero-order chi connectivity index (χ0) is 23.0. The van der Waals surface area contributed by atoms with Crippen molar-refractivity contribution >= 4 is 16.7 Å². The Labute approximate surface area is 194 Å². The molecule has 0 heterocycles. The predicted molar refractivity (Wildman–Crippen MR) is 129 cm³/mol. The minimum Gasteiger partial charge on any atom is -0.490 e. The number of benzene rings is 3. The Morgan fingerprint density at radius 2 is 1.27 bits per heavy atom. The van der Waals surface area contributed by atoms with E-state index in [0.717, 1.165) is 52.0 Å². The molecule has 0 atom stereocenters. The Bertz CT molecular complexity index is 1160. The molecule has 0 N–H and O–H groups in total. The number of rotatable bonds is 10. The lowest BCUT2D eigenvalue weighted by molar-refractivity contribution is -0.139. The van der Waals surface area contributed by atoms with Gasteiger partial charge in [0.2, 0.25) is 0 Å². The summed E-state index contributed by atoms with van der Waals surface area (Å²) in [5.41, 5.74) is 2.62. The molecule has 0 aliphatic heterocycles. The van der Waals surface area contributed by atoms with Crippen LogP contribution in [0.2, 0.25) is 0 Å². The SMILES string of the molecule is C=C(C)C(=O)OCCOc1c2c(c(OCCOc3ccccc3)c3ccccc13)CC=CC2. The monoisotopic (exact) mass is 444 g/mol. The molecule has 0 unspecified atom stereocenters. The van der Waals surface area contributed by atoms with Gasteiger partial charge in [-0.3, -0.25) is 0 Å². The van der Waals surface area contributed by atoms with Gasteiger partial charge in [0.15, 0.2) is 0 Å². The van der Waals surface area contributed by atoms with Crippen LogP contribution in [-0.2, 0) is 22.4 Å². The summed E-state index contributed by atoms with van der Waals surface area (Å²) in [5.74, 6) is 2.12. The van der Waals surface area contributed by atoms with E-state index in [1.54, 1.807) is 6.92 Å². The lowest BCUT2D eigenvalue weighted by Crippen LogP contribution is -2.15. The number of para-hydroxylation sites is 1. The van der Waals surface area contributed by atoms with Gasteiger partial charge in [-0.1, -0.05) is 61.2 Å². The average molecular weight is 445 g/mol. The van der Waals surface area contributed by atoms with Crippen LogP contribution in [0, 0.1) is 0 Å². The fraction of sp³-hybridized carbons (Fsp3) is 0.250. The Kier molecular flexibility index (Phi) is 7.30. The highest BCUT2D eigenvalue weighted by atomic mass is 16.6. The van der Waals surface area contributed by atoms with Crippen molar-refractivity contribution in [1.29, 1.82) is 0 Å². The van der Waals surface area contributed by atoms with Gasteiger partial charge in [-0.2, -0.15) is 0 Å². The average Bonchev–Trinajstić information content (AvgIpc) is 2.85. The van der Waals surface area contributed by atoms with Crippen LogP contribution in [0.5, 0.6) is 17.2 Å². The quantitative estimate of drug-likeness (QED) is 0.180. The maximum atomic E-state index is 11.6. The molecule has 4 rings (SSSR count). The number of ether oxygens (including phenoxy) is 4. The highest BCUT2D eigenvalue weighted by Gasteiger charge is 2.22. The lowest BCUT2D eigenvalue weighted by atomic mass is 9.90. The van der Waals surface area contributed by atoms with Crippen molar-refractivity contribution in [3.63, 3.8) is 0 Å². The minimum atomic E-state index is -0.408. The maximum Gasteiger partial charge on any atom is 0.333 e. The normalized spacial score (nSPS) is 12.2. The van der Waals surface area contributed by atoms with Gasteiger partial charge in [0, 0.05) is 27.5 Å². The summed E-state index contributed by atoms with van der Waals surface area (Å²) in [4.78, 5) is 11.6. The van der Waals surface area contributed by atoms with E-state index in [9.17, 15) is 4.79 Å². The third-order valence-corrected chi connectivity index (χ3v) is 5.39. The highest BCUT2D eigenvalue weighted by Crippen LogP contribution is 2.43. The van der Waals surface area contributed by atoms with Crippen LogP contribution in [0.4, 0.5) is 0 Å². The summed E-state index contributed by atoms with van der Waals surface area (Å²) in [6.07, 6.45) is 5.84. The Morgan fingerprint density at radius 1 is 0.758 bits per heavy atom. The summed E-state index contributed by atoms with van der Waals surface area (Å²) in [6.45, 7) is 6.56. The summed E-state index contributed by atoms with van der Waals surface area (Å²) in [7, 11) is 0. The van der Waals surface area contributed by atoms with Gasteiger partial charge in [-0.25, -0.2) is 4.79 Å². The molecule has 0 radical (unpaired) electrons. The van der Waals surface area contributed by atoms with E-state index in [4.69, 9.17) is 18.9 Å². The third kappa shape index (κ3) is 5.37. The van der Waals surface area contributed by atoms with Gasteiger partial charge in [0.25, 0.3) is 0 Å². The first kappa shape index (κ1) is 22.5. The molecule has 33 heavy (non-hydrogen) atoms. The second-order valence-electron chi connectivity index (χ2n) is 7.82. The Hall–Kier alpha value is -3.73. The molecule has 0 fully saturated rings. The number of hydrogen-bond donors (Lipinski definition) is 0. The van der Waals surface area contributed by atoms with Crippen LogP contribution < -0.4 is 14.2 Å². The molecule has 5 heteroatoms. The van der Waals surface area contributed by atoms with Crippen LogP contribution in [0.1, 0.15) is 18.1 Å². The van der Waals surface area contributed by atoms with Crippen molar-refractivity contribution < 1.29 is 23.7 Å². The number of hydrogen-bond acceptors (Lipinski definition) is 5. The second kappa shape index (κ2) is 10.7.